The first-order valence-corrected chi connectivity index (χ1v) is 12.1. The molecule has 1 aliphatic rings. The summed E-state index contributed by atoms with van der Waals surface area (Å²) in [6, 6.07) is 17.6. The SMILES string of the molecule is CC(C)(CCC(C)(C)c1ccc(N2CCCCC2=O)cc1)c1ccc(Cn2cncn2)cc1. The first kappa shape index (κ1) is 23.2. The van der Waals surface area contributed by atoms with Crippen LogP contribution in [0.3, 0.4) is 0 Å². The maximum Gasteiger partial charge on any atom is 0.226 e. The summed E-state index contributed by atoms with van der Waals surface area (Å²) < 4.78 is 1.84. The number of benzene rings is 2. The van der Waals surface area contributed by atoms with E-state index in [9.17, 15) is 4.79 Å². The number of aromatic nitrogens is 3. The van der Waals surface area contributed by atoms with E-state index in [4.69, 9.17) is 0 Å². The number of rotatable bonds is 8. The zero-order valence-corrected chi connectivity index (χ0v) is 20.4. The fourth-order valence-electron chi connectivity index (χ4n) is 4.65. The van der Waals surface area contributed by atoms with Gasteiger partial charge in [-0.05, 0) is 65.3 Å². The third-order valence-electron chi connectivity index (χ3n) is 7.21. The van der Waals surface area contributed by atoms with Gasteiger partial charge in [0.1, 0.15) is 12.7 Å². The maximum absolute atomic E-state index is 12.2. The molecule has 1 fully saturated rings. The number of hydrogen-bond acceptors (Lipinski definition) is 3. The lowest BCUT2D eigenvalue weighted by Gasteiger charge is -2.33. The molecule has 2 aromatic carbocycles. The predicted molar refractivity (Wildman–Crippen MR) is 133 cm³/mol. The Morgan fingerprint density at radius 3 is 2.00 bits per heavy atom. The molecule has 0 radical (unpaired) electrons. The van der Waals surface area contributed by atoms with Crippen LogP contribution in [0.5, 0.6) is 0 Å². The van der Waals surface area contributed by atoms with Crippen molar-refractivity contribution in [2.75, 3.05) is 11.4 Å². The molecule has 1 aliphatic heterocycles. The van der Waals surface area contributed by atoms with Crippen LogP contribution >= 0.6 is 0 Å². The van der Waals surface area contributed by atoms with Gasteiger partial charge in [-0.25, -0.2) is 9.67 Å². The summed E-state index contributed by atoms with van der Waals surface area (Å²) in [6.45, 7) is 10.9. The molecule has 33 heavy (non-hydrogen) atoms. The monoisotopic (exact) mass is 444 g/mol. The van der Waals surface area contributed by atoms with E-state index in [1.165, 1.54) is 16.7 Å². The Morgan fingerprint density at radius 1 is 0.848 bits per heavy atom. The van der Waals surface area contributed by atoms with Crippen LogP contribution in [0.4, 0.5) is 5.69 Å². The molecule has 0 aliphatic carbocycles. The number of carbonyl (C=O) groups excluding carboxylic acids is 1. The number of amides is 1. The largest absolute Gasteiger partial charge is 0.312 e. The molecule has 0 saturated carbocycles. The summed E-state index contributed by atoms with van der Waals surface area (Å²) in [6.07, 6.45) is 8.27. The van der Waals surface area contributed by atoms with Crippen molar-refractivity contribution in [3.05, 3.63) is 77.9 Å². The van der Waals surface area contributed by atoms with Crippen LogP contribution in [0, 0.1) is 0 Å². The van der Waals surface area contributed by atoms with Gasteiger partial charge in [0.15, 0.2) is 0 Å². The second-order valence-corrected chi connectivity index (χ2v) is 10.6. The summed E-state index contributed by atoms with van der Waals surface area (Å²) in [5.74, 6) is 0.252. The third-order valence-corrected chi connectivity index (χ3v) is 7.21. The smallest absolute Gasteiger partial charge is 0.226 e. The van der Waals surface area contributed by atoms with Crippen molar-refractivity contribution in [3.63, 3.8) is 0 Å². The average Bonchev–Trinajstić information content (AvgIpc) is 3.32. The molecule has 0 atom stereocenters. The Balaban J connectivity index is 1.38. The minimum absolute atomic E-state index is 0.0642. The molecule has 0 bridgehead atoms. The van der Waals surface area contributed by atoms with E-state index in [2.05, 4.69) is 86.3 Å². The minimum Gasteiger partial charge on any atom is -0.312 e. The van der Waals surface area contributed by atoms with E-state index < -0.39 is 0 Å². The first-order valence-electron chi connectivity index (χ1n) is 12.1. The molecule has 174 valence electrons. The normalized spacial score (nSPS) is 15.2. The molecule has 0 unspecified atom stereocenters. The molecule has 1 saturated heterocycles. The van der Waals surface area contributed by atoms with Gasteiger partial charge in [-0.2, -0.15) is 5.10 Å². The quantitative estimate of drug-likeness (QED) is 0.436. The molecule has 0 N–H and O–H groups in total. The predicted octanol–water partition coefficient (Wildman–Crippen LogP) is 5.88. The molecule has 5 heteroatoms. The van der Waals surface area contributed by atoms with Crippen LogP contribution in [0.15, 0.2) is 61.2 Å². The number of piperidine rings is 1. The summed E-state index contributed by atoms with van der Waals surface area (Å²) in [5, 5.41) is 4.19. The molecule has 1 amide bonds. The highest BCUT2D eigenvalue weighted by Crippen LogP contribution is 2.37. The molecule has 5 nitrogen and oxygen atoms in total. The highest BCUT2D eigenvalue weighted by atomic mass is 16.2. The van der Waals surface area contributed by atoms with Gasteiger partial charge in [-0.3, -0.25) is 4.79 Å². The number of anilines is 1. The van der Waals surface area contributed by atoms with E-state index in [1.807, 2.05) is 9.58 Å². The lowest BCUT2D eigenvalue weighted by atomic mass is 9.73. The molecule has 1 aromatic heterocycles. The standard InChI is InChI=1S/C28H36N4O/c1-27(2,23-10-8-22(9-11-23)19-31-21-29-20-30-31)16-17-28(3,4)24-12-14-25(15-13-24)32-18-6-5-7-26(32)33/h8-15,20-21H,5-7,16-19H2,1-4H3. The van der Waals surface area contributed by atoms with Gasteiger partial charge in [0.05, 0.1) is 6.54 Å². The molecular weight excluding hydrogens is 408 g/mol. The van der Waals surface area contributed by atoms with Gasteiger partial charge >= 0.3 is 0 Å². The van der Waals surface area contributed by atoms with Gasteiger partial charge in [0, 0.05) is 18.7 Å². The molecule has 2 heterocycles. The van der Waals surface area contributed by atoms with Gasteiger partial charge in [0.25, 0.3) is 0 Å². The molecule has 4 rings (SSSR count). The highest BCUT2D eigenvalue weighted by molar-refractivity contribution is 5.93. The lowest BCUT2D eigenvalue weighted by molar-refractivity contribution is -0.119. The van der Waals surface area contributed by atoms with Gasteiger partial charge < -0.3 is 4.90 Å². The zero-order chi connectivity index (χ0) is 23.5. The van der Waals surface area contributed by atoms with E-state index >= 15 is 0 Å². The number of hydrogen-bond donors (Lipinski definition) is 0. The Morgan fingerprint density at radius 2 is 1.45 bits per heavy atom. The van der Waals surface area contributed by atoms with Crippen molar-refractivity contribution in [2.24, 2.45) is 0 Å². The summed E-state index contributed by atoms with van der Waals surface area (Å²) >= 11 is 0. The van der Waals surface area contributed by atoms with Gasteiger partial charge in [0.2, 0.25) is 5.91 Å². The maximum atomic E-state index is 12.2. The Hall–Kier alpha value is -2.95. The Bertz CT molecular complexity index is 1050. The Labute approximate surface area is 197 Å². The van der Waals surface area contributed by atoms with Crippen molar-refractivity contribution in [1.29, 1.82) is 0 Å². The topological polar surface area (TPSA) is 51.0 Å². The van der Waals surface area contributed by atoms with Crippen LogP contribution in [-0.2, 0) is 22.2 Å². The molecule has 0 spiro atoms. The highest BCUT2D eigenvalue weighted by Gasteiger charge is 2.28. The third kappa shape index (κ3) is 5.52. The first-order chi connectivity index (χ1) is 15.7. The Kier molecular flexibility index (Phi) is 6.68. The molecule has 3 aromatic rings. The second-order valence-electron chi connectivity index (χ2n) is 10.6. The summed E-state index contributed by atoms with van der Waals surface area (Å²) in [4.78, 5) is 18.2. The van der Waals surface area contributed by atoms with Gasteiger partial charge in [-0.1, -0.05) is 64.1 Å². The minimum atomic E-state index is 0.0642. The van der Waals surface area contributed by atoms with Gasteiger partial charge in [-0.15, -0.1) is 0 Å². The molecular formula is C28H36N4O. The summed E-state index contributed by atoms with van der Waals surface area (Å²) in [7, 11) is 0. The van der Waals surface area contributed by atoms with E-state index in [0.29, 0.717) is 6.42 Å². The van der Waals surface area contributed by atoms with Crippen LogP contribution < -0.4 is 4.90 Å². The van der Waals surface area contributed by atoms with E-state index in [0.717, 1.165) is 44.5 Å². The van der Waals surface area contributed by atoms with Crippen LogP contribution in [0.1, 0.15) is 76.5 Å². The fourth-order valence-corrected chi connectivity index (χ4v) is 4.65. The lowest BCUT2D eigenvalue weighted by Crippen LogP contribution is -2.35. The summed E-state index contributed by atoms with van der Waals surface area (Å²) in [5.41, 5.74) is 5.10. The van der Waals surface area contributed by atoms with Crippen molar-refractivity contribution in [1.82, 2.24) is 14.8 Å². The van der Waals surface area contributed by atoms with E-state index in [-0.39, 0.29) is 16.7 Å². The van der Waals surface area contributed by atoms with Crippen molar-refractivity contribution < 1.29 is 4.79 Å². The number of nitrogens with zero attached hydrogens (tertiary/aromatic N) is 4. The number of carbonyl (C=O) groups is 1. The van der Waals surface area contributed by atoms with Crippen LogP contribution in [0.2, 0.25) is 0 Å². The van der Waals surface area contributed by atoms with Crippen LogP contribution in [0.25, 0.3) is 0 Å². The van der Waals surface area contributed by atoms with E-state index in [1.54, 1.807) is 12.7 Å². The van der Waals surface area contributed by atoms with Crippen LogP contribution in [-0.4, -0.2) is 27.2 Å². The fraction of sp³-hybridized carbons (Fsp3) is 0.464. The van der Waals surface area contributed by atoms with Crippen molar-refractivity contribution in [2.45, 2.75) is 77.2 Å². The van der Waals surface area contributed by atoms with Crippen molar-refractivity contribution >= 4 is 11.6 Å². The zero-order valence-electron chi connectivity index (χ0n) is 20.4. The van der Waals surface area contributed by atoms with Crippen molar-refractivity contribution in [3.8, 4) is 0 Å². The average molecular weight is 445 g/mol. The second kappa shape index (κ2) is 9.50.